The lowest BCUT2D eigenvalue weighted by molar-refractivity contribution is -0.150. The van der Waals surface area contributed by atoms with Crippen LogP contribution in [0.3, 0.4) is 0 Å². The van der Waals surface area contributed by atoms with Gasteiger partial charge >= 0.3 is 5.97 Å². The fourth-order valence-corrected chi connectivity index (χ4v) is 2.30. The van der Waals surface area contributed by atoms with E-state index in [2.05, 4.69) is 5.32 Å². The van der Waals surface area contributed by atoms with Crippen molar-refractivity contribution in [3.63, 3.8) is 0 Å². The van der Waals surface area contributed by atoms with Crippen molar-refractivity contribution >= 4 is 29.2 Å². The Morgan fingerprint density at radius 2 is 1.85 bits per heavy atom. The van der Waals surface area contributed by atoms with Crippen LogP contribution in [-0.4, -0.2) is 24.6 Å². The molecule has 1 unspecified atom stereocenters. The Kier molecular flexibility index (Phi) is 7.04. The molecule has 2 aromatic rings. The van der Waals surface area contributed by atoms with E-state index in [0.29, 0.717) is 22.0 Å². The van der Waals surface area contributed by atoms with Crippen LogP contribution in [0.2, 0.25) is 5.02 Å². The third kappa shape index (κ3) is 5.49. The molecule has 6 heteroatoms. The van der Waals surface area contributed by atoms with Crippen LogP contribution in [0.15, 0.2) is 42.5 Å². The number of anilines is 1. The number of hydrogen-bond donors (Lipinski definition) is 1. The van der Waals surface area contributed by atoms with Crippen molar-refractivity contribution in [1.82, 2.24) is 0 Å². The van der Waals surface area contributed by atoms with E-state index in [-0.39, 0.29) is 18.6 Å². The van der Waals surface area contributed by atoms with Crippen LogP contribution in [0.25, 0.3) is 0 Å². The third-order valence-electron chi connectivity index (χ3n) is 3.90. The van der Waals surface area contributed by atoms with E-state index in [4.69, 9.17) is 21.1 Å². The predicted molar refractivity (Wildman–Crippen MR) is 102 cm³/mol. The fraction of sp³-hybridized carbons (Fsp3) is 0.300. The lowest BCUT2D eigenvalue weighted by Crippen LogP contribution is -2.20. The topological polar surface area (TPSA) is 64.6 Å². The second kappa shape index (κ2) is 9.25. The van der Waals surface area contributed by atoms with E-state index in [9.17, 15) is 9.59 Å². The summed E-state index contributed by atoms with van der Waals surface area (Å²) in [7, 11) is 0. The average molecular weight is 376 g/mol. The molecule has 0 bridgehead atoms. The van der Waals surface area contributed by atoms with Crippen LogP contribution in [0.4, 0.5) is 5.69 Å². The second-order valence-electron chi connectivity index (χ2n) is 5.89. The molecule has 1 atom stereocenters. The number of halogens is 1. The first kappa shape index (κ1) is 19.8. The standard InChI is InChI=1S/C20H22ClNO4/c1-4-13(2)26-19(23)12-25-16-10-8-15(9-11-16)20(24)22-18-7-5-6-17(21)14(18)3/h5-11,13H,4,12H2,1-3H3,(H,22,24). The molecular weight excluding hydrogens is 354 g/mol. The SMILES string of the molecule is CCC(C)OC(=O)COc1ccc(C(=O)Nc2cccc(Cl)c2C)cc1. The summed E-state index contributed by atoms with van der Waals surface area (Å²) in [5, 5.41) is 3.42. The maximum absolute atomic E-state index is 12.3. The molecule has 0 fully saturated rings. The molecule has 0 saturated heterocycles. The summed E-state index contributed by atoms with van der Waals surface area (Å²) in [6.07, 6.45) is 0.619. The summed E-state index contributed by atoms with van der Waals surface area (Å²) in [6.45, 7) is 5.44. The maximum atomic E-state index is 12.3. The highest BCUT2D eigenvalue weighted by molar-refractivity contribution is 6.31. The Balaban J connectivity index is 1.93. The summed E-state index contributed by atoms with van der Waals surface area (Å²) in [5.41, 5.74) is 1.94. The van der Waals surface area contributed by atoms with Crippen molar-refractivity contribution in [2.45, 2.75) is 33.3 Å². The Morgan fingerprint density at radius 3 is 2.50 bits per heavy atom. The van der Waals surface area contributed by atoms with Crippen LogP contribution < -0.4 is 10.1 Å². The number of esters is 1. The van der Waals surface area contributed by atoms with Crippen molar-refractivity contribution in [3.8, 4) is 5.75 Å². The summed E-state index contributed by atoms with van der Waals surface area (Å²) in [5.74, 6) is -0.183. The van der Waals surface area contributed by atoms with E-state index in [1.165, 1.54) is 0 Å². The summed E-state index contributed by atoms with van der Waals surface area (Å²) < 4.78 is 10.5. The van der Waals surface area contributed by atoms with E-state index in [0.717, 1.165) is 12.0 Å². The molecule has 2 aromatic carbocycles. The summed E-state index contributed by atoms with van der Waals surface area (Å²) in [6, 6.07) is 11.9. The van der Waals surface area contributed by atoms with Gasteiger partial charge in [0, 0.05) is 16.3 Å². The summed E-state index contributed by atoms with van der Waals surface area (Å²) >= 11 is 6.06. The van der Waals surface area contributed by atoms with Crippen LogP contribution >= 0.6 is 11.6 Å². The number of carbonyl (C=O) groups is 2. The number of rotatable bonds is 7. The molecule has 0 saturated carbocycles. The van der Waals surface area contributed by atoms with Gasteiger partial charge in [0.2, 0.25) is 0 Å². The highest BCUT2D eigenvalue weighted by atomic mass is 35.5. The normalized spacial score (nSPS) is 11.5. The van der Waals surface area contributed by atoms with Crippen LogP contribution in [-0.2, 0) is 9.53 Å². The summed E-state index contributed by atoms with van der Waals surface area (Å²) in [4.78, 5) is 23.9. The zero-order valence-electron chi connectivity index (χ0n) is 15.0. The van der Waals surface area contributed by atoms with Gasteiger partial charge in [0.1, 0.15) is 5.75 Å². The van der Waals surface area contributed by atoms with Crippen molar-refractivity contribution < 1.29 is 19.1 Å². The molecule has 0 aliphatic carbocycles. The molecule has 0 aromatic heterocycles. The monoisotopic (exact) mass is 375 g/mol. The lowest BCUT2D eigenvalue weighted by atomic mass is 10.1. The zero-order chi connectivity index (χ0) is 19.1. The molecule has 0 heterocycles. The number of nitrogens with one attached hydrogen (secondary N) is 1. The molecular formula is C20H22ClNO4. The second-order valence-corrected chi connectivity index (χ2v) is 6.30. The van der Waals surface area contributed by atoms with Gasteiger partial charge in [-0.3, -0.25) is 4.79 Å². The van der Waals surface area contributed by atoms with Gasteiger partial charge in [-0.05, 0) is 62.2 Å². The van der Waals surface area contributed by atoms with E-state index in [1.54, 1.807) is 42.5 Å². The van der Waals surface area contributed by atoms with Crippen molar-refractivity contribution in [1.29, 1.82) is 0 Å². The number of ether oxygens (including phenoxy) is 2. The van der Waals surface area contributed by atoms with Gasteiger partial charge in [0.05, 0.1) is 6.10 Å². The Bertz CT molecular complexity index is 774. The van der Waals surface area contributed by atoms with Gasteiger partial charge in [-0.1, -0.05) is 24.6 Å². The van der Waals surface area contributed by atoms with Crippen molar-refractivity contribution in [2.75, 3.05) is 11.9 Å². The maximum Gasteiger partial charge on any atom is 0.344 e. The zero-order valence-corrected chi connectivity index (χ0v) is 15.8. The highest BCUT2D eigenvalue weighted by Crippen LogP contribution is 2.23. The highest BCUT2D eigenvalue weighted by Gasteiger charge is 2.11. The van der Waals surface area contributed by atoms with Gasteiger partial charge in [0.15, 0.2) is 6.61 Å². The fourth-order valence-electron chi connectivity index (χ4n) is 2.12. The third-order valence-corrected chi connectivity index (χ3v) is 4.31. The molecule has 1 amide bonds. The Labute approximate surface area is 158 Å². The van der Waals surface area contributed by atoms with Crippen molar-refractivity contribution in [3.05, 3.63) is 58.6 Å². The minimum Gasteiger partial charge on any atom is -0.482 e. The van der Waals surface area contributed by atoms with Gasteiger partial charge in [-0.25, -0.2) is 4.79 Å². The van der Waals surface area contributed by atoms with E-state index >= 15 is 0 Å². The molecule has 5 nitrogen and oxygen atoms in total. The van der Waals surface area contributed by atoms with Gasteiger partial charge in [0.25, 0.3) is 5.91 Å². The first-order valence-corrected chi connectivity index (χ1v) is 8.77. The minimum atomic E-state index is -0.419. The number of benzene rings is 2. The Morgan fingerprint density at radius 1 is 1.15 bits per heavy atom. The molecule has 0 radical (unpaired) electrons. The molecule has 2 rings (SSSR count). The molecule has 0 spiro atoms. The molecule has 1 N–H and O–H groups in total. The van der Waals surface area contributed by atoms with E-state index < -0.39 is 5.97 Å². The number of hydrogen-bond acceptors (Lipinski definition) is 4. The first-order chi connectivity index (χ1) is 12.4. The quantitative estimate of drug-likeness (QED) is 0.717. The molecule has 0 aliphatic heterocycles. The van der Waals surface area contributed by atoms with Gasteiger partial charge in [-0.15, -0.1) is 0 Å². The number of carbonyl (C=O) groups excluding carboxylic acids is 2. The van der Waals surface area contributed by atoms with Gasteiger partial charge < -0.3 is 14.8 Å². The van der Waals surface area contributed by atoms with Crippen LogP contribution in [0.5, 0.6) is 5.75 Å². The Hall–Kier alpha value is -2.53. The molecule has 26 heavy (non-hydrogen) atoms. The van der Waals surface area contributed by atoms with E-state index in [1.807, 2.05) is 20.8 Å². The lowest BCUT2D eigenvalue weighted by Gasteiger charge is -2.12. The average Bonchev–Trinajstić information content (AvgIpc) is 2.64. The largest absolute Gasteiger partial charge is 0.482 e. The molecule has 0 aliphatic rings. The first-order valence-electron chi connectivity index (χ1n) is 8.39. The molecule has 138 valence electrons. The minimum absolute atomic E-state index is 0.132. The van der Waals surface area contributed by atoms with Crippen LogP contribution in [0, 0.1) is 6.92 Å². The van der Waals surface area contributed by atoms with Crippen LogP contribution in [0.1, 0.15) is 36.2 Å². The van der Waals surface area contributed by atoms with Crippen molar-refractivity contribution in [2.24, 2.45) is 0 Å². The number of amides is 1. The van der Waals surface area contributed by atoms with Gasteiger partial charge in [-0.2, -0.15) is 0 Å². The predicted octanol–water partition coefficient (Wildman–Crippen LogP) is 4.62. The smallest absolute Gasteiger partial charge is 0.344 e.